The van der Waals surface area contributed by atoms with Gasteiger partial charge in [0.05, 0.1) is 34.7 Å². The van der Waals surface area contributed by atoms with Gasteiger partial charge in [0.2, 0.25) is 11.8 Å². The monoisotopic (exact) mass is 697 g/mol. The van der Waals surface area contributed by atoms with Gasteiger partial charge in [-0.1, -0.05) is 23.5 Å². The van der Waals surface area contributed by atoms with E-state index in [4.69, 9.17) is 9.47 Å². The van der Waals surface area contributed by atoms with E-state index < -0.39 is 17.8 Å². The number of imide groups is 1. The van der Waals surface area contributed by atoms with Crippen molar-refractivity contribution in [2.45, 2.75) is 29.5 Å². The Morgan fingerprint density at radius 2 is 1.71 bits per heavy atom. The number of hydrogen-bond acceptors (Lipinski definition) is 10. The van der Waals surface area contributed by atoms with E-state index in [9.17, 15) is 29.1 Å². The number of hydrogen-bond donors (Lipinski definition) is 3. The van der Waals surface area contributed by atoms with Crippen molar-refractivity contribution in [3.05, 3.63) is 98.5 Å². The molecule has 0 spiro atoms. The molecule has 4 aromatic rings. The molecule has 2 aliphatic carbocycles. The summed E-state index contributed by atoms with van der Waals surface area (Å²) >= 11 is 2.78. The number of nitrogens with one attached hydrogen (secondary N) is 2. The van der Waals surface area contributed by atoms with Gasteiger partial charge in [0, 0.05) is 21.7 Å². The van der Waals surface area contributed by atoms with Crippen LogP contribution in [0.3, 0.4) is 0 Å². The van der Waals surface area contributed by atoms with Crippen LogP contribution in [0.2, 0.25) is 0 Å². The molecule has 3 amide bonds. The van der Waals surface area contributed by atoms with Crippen molar-refractivity contribution in [1.82, 2.24) is 4.98 Å². The van der Waals surface area contributed by atoms with Crippen LogP contribution in [-0.2, 0) is 19.1 Å². The predicted octanol–water partition coefficient (Wildman–Crippen LogP) is 5.01. The molecular formula is C36H31N3O8S2. The number of thiazole rings is 1. The molecule has 0 radical (unpaired) electrons. The number of ether oxygens (including phenoxy) is 2. The Labute approximate surface area is 288 Å². The van der Waals surface area contributed by atoms with Crippen molar-refractivity contribution < 1.29 is 33.8 Å². The van der Waals surface area contributed by atoms with E-state index in [1.54, 1.807) is 61.2 Å². The average molecular weight is 698 g/mol. The smallest absolute Gasteiger partial charge is 0.338 e. The molecule has 250 valence electrons. The van der Waals surface area contributed by atoms with Crippen molar-refractivity contribution in [2.24, 2.45) is 29.6 Å². The van der Waals surface area contributed by atoms with Crippen LogP contribution in [0.15, 0.2) is 82.6 Å². The first-order valence-corrected chi connectivity index (χ1v) is 17.8. The molecule has 4 unspecified atom stereocenters. The maximum atomic E-state index is 14.1. The Balaban J connectivity index is 1.06. The number of thioether (sulfide) groups is 1. The molecule has 2 saturated carbocycles. The van der Waals surface area contributed by atoms with Crippen molar-refractivity contribution >= 4 is 58.2 Å². The molecule has 2 aliphatic heterocycles. The number of H-pyrrole nitrogens is 1. The molecule has 11 nitrogen and oxygen atoms in total. The first-order chi connectivity index (χ1) is 23.7. The van der Waals surface area contributed by atoms with Crippen LogP contribution in [0.25, 0.3) is 0 Å². The fourth-order valence-corrected chi connectivity index (χ4v) is 11.2. The Morgan fingerprint density at radius 3 is 2.45 bits per heavy atom. The zero-order chi connectivity index (χ0) is 34.0. The summed E-state index contributed by atoms with van der Waals surface area (Å²) in [4.78, 5) is 70.6. The SMILES string of the molecule is CCOC(=O)c1ccc(N2C(=O)C3C(C2=O)[C@@H]2C[C@H]3C3Sc4[nH]c(=O)sc4[C@H](c4cccc(OCC(=O)Nc5ccc(O)cc5)c4)C32)cc1. The maximum Gasteiger partial charge on any atom is 0.338 e. The molecule has 4 aliphatic rings. The third-order valence-electron chi connectivity index (χ3n) is 10.1. The second-order valence-corrected chi connectivity index (χ2v) is 14.9. The second kappa shape index (κ2) is 12.2. The van der Waals surface area contributed by atoms with Crippen molar-refractivity contribution in [3.8, 4) is 11.5 Å². The lowest BCUT2D eigenvalue weighted by Crippen LogP contribution is -2.42. The van der Waals surface area contributed by atoms with Gasteiger partial charge in [-0.15, -0.1) is 11.8 Å². The number of phenols is 1. The van der Waals surface area contributed by atoms with Crippen LogP contribution in [-0.4, -0.2) is 52.2 Å². The molecular weight excluding hydrogens is 667 g/mol. The van der Waals surface area contributed by atoms with Gasteiger partial charge in [0.15, 0.2) is 6.61 Å². The van der Waals surface area contributed by atoms with E-state index in [1.165, 1.54) is 28.4 Å². The summed E-state index contributed by atoms with van der Waals surface area (Å²) in [5.74, 6) is -1.96. The molecule has 2 bridgehead atoms. The largest absolute Gasteiger partial charge is 0.508 e. The number of esters is 1. The minimum atomic E-state index is -0.480. The van der Waals surface area contributed by atoms with Gasteiger partial charge in [-0.25, -0.2) is 4.79 Å². The third-order valence-corrected chi connectivity index (χ3v) is 12.7. The summed E-state index contributed by atoms with van der Waals surface area (Å²) < 4.78 is 11.0. The number of fused-ring (bicyclic) bond motifs is 9. The first-order valence-electron chi connectivity index (χ1n) is 16.1. The molecule has 7 atom stereocenters. The van der Waals surface area contributed by atoms with Crippen molar-refractivity contribution in [3.63, 3.8) is 0 Å². The highest BCUT2D eigenvalue weighted by molar-refractivity contribution is 8.00. The first kappa shape index (κ1) is 31.4. The van der Waals surface area contributed by atoms with Gasteiger partial charge in [0.25, 0.3) is 5.91 Å². The molecule has 13 heteroatoms. The maximum absolute atomic E-state index is 14.1. The van der Waals surface area contributed by atoms with Gasteiger partial charge in [-0.3, -0.25) is 24.1 Å². The lowest BCUT2D eigenvalue weighted by molar-refractivity contribution is -0.123. The zero-order valence-electron chi connectivity index (χ0n) is 26.2. The molecule has 3 aromatic carbocycles. The number of anilines is 2. The van der Waals surface area contributed by atoms with Gasteiger partial charge in [-0.2, -0.15) is 0 Å². The highest BCUT2D eigenvalue weighted by Crippen LogP contribution is 2.68. The highest BCUT2D eigenvalue weighted by atomic mass is 32.2. The van der Waals surface area contributed by atoms with E-state index in [1.807, 2.05) is 18.2 Å². The Hall–Kier alpha value is -4.88. The normalized spacial score (nSPS) is 26.2. The molecule has 3 heterocycles. The summed E-state index contributed by atoms with van der Waals surface area (Å²) in [6.07, 6.45) is 0.744. The van der Waals surface area contributed by atoms with E-state index in [-0.39, 0.29) is 70.5 Å². The molecule has 3 N–H and O–H groups in total. The zero-order valence-corrected chi connectivity index (χ0v) is 27.8. The quantitative estimate of drug-likeness (QED) is 0.131. The lowest BCUT2D eigenvalue weighted by atomic mass is 9.68. The number of carbonyl (C=O) groups is 4. The summed E-state index contributed by atoms with van der Waals surface area (Å²) in [5.41, 5.74) is 2.23. The van der Waals surface area contributed by atoms with Crippen LogP contribution in [0.4, 0.5) is 11.4 Å². The number of amides is 3. The van der Waals surface area contributed by atoms with E-state index in [0.29, 0.717) is 22.7 Å². The lowest BCUT2D eigenvalue weighted by Gasteiger charge is -2.43. The topological polar surface area (TPSA) is 155 Å². The Morgan fingerprint density at radius 1 is 0.980 bits per heavy atom. The predicted molar refractivity (Wildman–Crippen MR) is 182 cm³/mol. The number of phenolic OH excluding ortho intramolecular Hbond substituents is 1. The van der Waals surface area contributed by atoms with E-state index in [0.717, 1.165) is 21.9 Å². The van der Waals surface area contributed by atoms with Gasteiger partial charge in [-0.05, 0) is 97.3 Å². The van der Waals surface area contributed by atoms with Crippen LogP contribution in [0.1, 0.15) is 40.1 Å². The van der Waals surface area contributed by atoms with Crippen LogP contribution < -0.4 is 19.8 Å². The number of carbonyl (C=O) groups excluding carboxylic acids is 4. The summed E-state index contributed by atoms with van der Waals surface area (Å²) in [6.45, 7) is 1.74. The van der Waals surface area contributed by atoms with Crippen molar-refractivity contribution in [1.29, 1.82) is 0 Å². The van der Waals surface area contributed by atoms with Crippen LogP contribution in [0, 0.1) is 29.6 Å². The van der Waals surface area contributed by atoms with E-state index in [2.05, 4.69) is 10.3 Å². The molecule has 1 aromatic heterocycles. The fraction of sp³-hybridized carbons (Fsp3) is 0.306. The standard InChI is InChI=1S/C36H31N3O8S2/c1-2-46-35(44)17-6-10-20(11-7-17)39-33(42)28-23-15-24(29(28)34(39)43)30-27(23)26(31-32(48-30)38-36(45)49-31)18-4-3-5-22(14-18)47-16-25(41)37-19-8-12-21(40)13-9-19/h3-14,23-24,26-30,40H,2,15-16H2,1H3,(H,37,41)(H,38,45)/t23-,24-,26-,27?,28?,29?,30?/m1/s1. The summed E-state index contributed by atoms with van der Waals surface area (Å²) in [7, 11) is 0. The minimum absolute atomic E-state index is 0.00821. The summed E-state index contributed by atoms with van der Waals surface area (Å²) in [5, 5.41) is 13.0. The van der Waals surface area contributed by atoms with Gasteiger partial charge >= 0.3 is 10.8 Å². The molecule has 3 fully saturated rings. The number of benzene rings is 3. The minimum Gasteiger partial charge on any atom is -0.508 e. The van der Waals surface area contributed by atoms with Crippen LogP contribution in [0.5, 0.6) is 11.5 Å². The molecule has 49 heavy (non-hydrogen) atoms. The van der Waals surface area contributed by atoms with Crippen molar-refractivity contribution in [2.75, 3.05) is 23.4 Å². The second-order valence-electron chi connectivity index (χ2n) is 12.7. The number of aromatic hydroxyl groups is 1. The van der Waals surface area contributed by atoms with Crippen LogP contribution >= 0.6 is 23.1 Å². The Bertz CT molecular complexity index is 2040. The average Bonchev–Trinajstić information content (AvgIpc) is 3.84. The molecule has 1 saturated heterocycles. The third kappa shape index (κ3) is 5.32. The molecule has 8 rings (SSSR count). The number of rotatable bonds is 8. The number of nitrogens with zero attached hydrogens (tertiary/aromatic N) is 1. The van der Waals surface area contributed by atoms with Gasteiger partial charge in [0.1, 0.15) is 11.5 Å². The highest BCUT2D eigenvalue weighted by Gasteiger charge is 2.69. The number of aromatic nitrogens is 1. The fourth-order valence-electron chi connectivity index (χ4n) is 8.29. The summed E-state index contributed by atoms with van der Waals surface area (Å²) in [6, 6.07) is 20.0. The van der Waals surface area contributed by atoms with E-state index >= 15 is 0 Å². The number of aromatic amines is 1. The Kier molecular flexibility index (Phi) is 7.83. The van der Waals surface area contributed by atoms with Gasteiger partial charge < -0.3 is 24.9 Å².